The molecule has 2 saturated heterocycles. The summed E-state index contributed by atoms with van der Waals surface area (Å²) in [5.41, 5.74) is 3.02. The Morgan fingerprint density at radius 1 is 0.885 bits per heavy atom. The van der Waals surface area contributed by atoms with E-state index in [9.17, 15) is 4.79 Å². The van der Waals surface area contributed by atoms with Crippen LogP contribution >= 0.6 is 0 Å². The molecule has 0 radical (unpaired) electrons. The van der Waals surface area contributed by atoms with E-state index in [4.69, 9.17) is 0 Å². The van der Waals surface area contributed by atoms with Crippen molar-refractivity contribution < 1.29 is 4.79 Å². The van der Waals surface area contributed by atoms with Crippen LogP contribution in [0.25, 0.3) is 0 Å². The van der Waals surface area contributed by atoms with Crippen molar-refractivity contribution in [1.82, 2.24) is 9.80 Å². The lowest BCUT2D eigenvalue weighted by molar-refractivity contribution is -0.162. The second kappa shape index (κ2) is 7.63. The number of rotatable bonds is 7. The number of unbranched alkanes of at least 4 members (excludes halogenated alkanes) is 1. The molecule has 0 aromatic heterocycles. The lowest BCUT2D eigenvalue weighted by Gasteiger charge is -2.62. The molecule has 0 unspecified atom stereocenters. The van der Waals surface area contributed by atoms with Crippen LogP contribution in [-0.4, -0.2) is 40.9 Å². The van der Waals surface area contributed by atoms with Crippen LogP contribution in [0.5, 0.6) is 0 Å². The number of carbonyl (C=O) groups is 1. The Labute approximate surface area is 156 Å². The summed E-state index contributed by atoms with van der Waals surface area (Å²) in [5, 5.41) is 0. The number of hydrogen-bond donors (Lipinski definition) is 0. The van der Waals surface area contributed by atoms with Crippen LogP contribution in [0.4, 0.5) is 0 Å². The molecule has 0 aliphatic carbocycles. The van der Waals surface area contributed by atoms with Gasteiger partial charge >= 0.3 is 0 Å². The molecule has 2 aliphatic heterocycles. The first-order chi connectivity index (χ1) is 12.8. The van der Waals surface area contributed by atoms with E-state index in [1.165, 1.54) is 17.5 Å². The van der Waals surface area contributed by atoms with Crippen molar-refractivity contribution in [2.45, 2.75) is 44.2 Å². The molecule has 0 bridgehead atoms. The maximum absolute atomic E-state index is 12.4. The standard InChI is InChI=1S/C23H28N2O/c26-22(14-8-7-11-20-9-3-1-4-10-20)24-18-23(19-24)15-16-25(23)17-21-12-5-2-6-13-21/h1-6,9-10,12-13H,7-8,11,14-19H2. The molecule has 3 nitrogen and oxygen atoms in total. The Morgan fingerprint density at radius 3 is 2.15 bits per heavy atom. The van der Waals surface area contributed by atoms with Crippen LogP contribution in [0.3, 0.4) is 0 Å². The van der Waals surface area contributed by atoms with Gasteiger partial charge in [-0.3, -0.25) is 9.69 Å². The largest absolute Gasteiger partial charge is 0.339 e. The highest BCUT2D eigenvalue weighted by Gasteiger charge is 2.54. The zero-order valence-corrected chi connectivity index (χ0v) is 15.4. The molecule has 0 saturated carbocycles. The molecule has 3 heteroatoms. The van der Waals surface area contributed by atoms with Gasteiger partial charge in [0.1, 0.15) is 0 Å². The van der Waals surface area contributed by atoms with E-state index in [-0.39, 0.29) is 5.54 Å². The topological polar surface area (TPSA) is 23.6 Å². The van der Waals surface area contributed by atoms with Crippen molar-refractivity contribution in [2.24, 2.45) is 0 Å². The number of likely N-dealkylation sites (tertiary alicyclic amines) is 2. The molecule has 4 rings (SSSR count). The van der Waals surface area contributed by atoms with Gasteiger partial charge in [-0.1, -0.05) is 60.7 Å². The fraction of sp³-hybridized carbons (Fsp3) is 0.435. The molecular weight excluding hydrogens is 320 g/mol. The molecule has 26 heavy (non-hydrogen) atoms. The minimum atomic E-state index is 0.273. The summed E-state index contributed by atoms with van der Waals surface area (Å²) in [6.07, 6.45) is 5.09. The van der Waals surface area contributed by atoms with Gasteiger partial charge in [0.05, 0.1) is 5.54 Å². The SMILES string of the molecule is O=C(CCCCc1ccccc1)N1CC2(CCN2Cc2ccccc2)C1. The van der Waals surface area contributed by atoms with E-state index >= 15 is 0 Å². The Balaban J connectivity index is 1.18. The summed E-state index contributed by atoms with van der Waals surface area (Å²) in [4.78, 5) is 17.1. The summed E-state index contributed by atoms with van der Waals surface area (Å²) in [6, 6.07) is 21.2. The highest BCUT2D eigenvalue weighted by atomic mass is 16.2. The maximum atomic E-state index is 12.4. The first-order valence-corrected chi connectivity index (χ1v) is 9.86. The Bertz CT molecular complexity index is 722. The summed E-state index contributed by atoms with van der Waals surface area (Å²) >= 11 is 0. The molecule has 2 aliphatic rings. The number of carbonyl (C=O) groups excluding carboxylic acids is 1. The van der Waals surface area contributed by atoms with Gasteiger partial charge in [0.2, 0.25) is 5.91 Å². The average molecular weight is 348 g/mol. The van der Waals surface area contributed by atoms with Gasteiger partial charge in [-0.15, -0.1) is 0 Å². The summed E-state index contributed by atoms with van der Waals surface area (Å²) in [6.45, 7) is 4.03. The molecule has 2 heterocycles. The van der Waals surface area contributed by atoms with Gasteiger partial charge in [-0.05, 0) is 36.8 Å². The Morgan fingerprint density at radius 2 is 1.54 bits per heavy atom. The van der Waals surface area contributed by atoms with E-state index < -0.39 is 0 Å². The molecule has 0 atom stereocenters. The van der Waals surface area contributed by atoms with Gasteiger partial charge in [0.25, 0.3) is 0 Å². The maximum Gasteiger partial charge on any atom is 0.222 e. The molecule has 0 N–H and O–H groups in total. The van der Waals surface area contributed by atoms with Crippen molar-refractivity contribution in [3.63, 3.8) is 0 Å². The third kappa shape index (κ3) is 3.68. The molecule has 2 aromatic rings. The molecule has 2 aromatic carbocycles. The number of hydrogen-bond acceptors (Lipinski definition) is 2. The molecule has 1 spiro atoms. The molecule has 1 amide bonds. The van der Waals surface area contributed by atoms with Gasteiger partial charge in [-0.25, -0.2) is 0 Å². The molecular formula is C23H28N2O. The lowest BCUT2D eigenvalue weighted by Crippen LogP contribution is -2.77. The normalized spacial score (nSPS) is 18.4. The summed E-state index contributed by atoms with van der Waals surface area (Å²) in [5.74, 6) is 0.343. The van der Waals surface area contributed by atoms with Gasteiger partial charge < -0.3 is 4.90 Å². The van der Waals surface area contributed by atoms with Crippen molar-refractivity contribution in [2.75, 3.05) is 19.6 Å². The highest BCUT2D eigenvalue weighted by Crippen LogP contribution is 2.40. The van der Waals surface area contributed by atoms with E-state index in [0.29, 0.717) is 12.3 Å². The molecule has 2 fully saturated rings. The number of nitrogens with zero attached hydrogens (tertiary/aromatic N) is 2. The zero-order chi connectivity index (χ0) is 17.8. The fourth-order valence-corrected chi connectivity index (χ4v) is 4.24. The third-order valence-electron chi connectivity index (χ3n) is 6.01. The van der Waals surface area contributed by atoms with Crippen molar-refractivity contribution in [3.05, 3.63) is 71.8 Å². The monoisotopic (exact) mass is 348 g/mol. The predicted molar refractivity (Wildman–Crippen MR) is 105 cm³/mol. The van der Waals surface area contributed by atoms with Crippen molar-refractivity contribution in [1.29, 1.82) is 0 Å². The summed E-state index contributed by atoms with van der Waals surface area (Å²) < 4.78 is 0. The number of benzene rings is 2. The van der Waals surface area contributed by atoms with Crippen LogP contribution in [-0.2, 0) is 17.8 Å². The van der Waals surface area contributed by atoms with Crippen LogP contribution in [0.15, 0.2) is 60.7 Å². The minimum absolute atomic E-state index is 0.273. The minimum Gasteiger partial charge on any atom is -0.339 e. The average Bonchev–Trinajstić information content (AvgIpc) is 2.63. The lowest BCUT2D eigenvalue weighted by atomic mass is 9.77. The smallest absolute Gasteiger partial charge is 0.222 e. The van der Waals surface area contributed by atoms with Crippen LogP contribution in [0.2, 0.25) is 0 Å². The van der Waals surface area contributed by atoms with Crippen molar-refractivity contribution in [3.8, 4) is 0 Å². The number of amides is 1. The van der Waals surface area contributed by atoms with Crippen molar-refractivity contribution >= 4 is 5.91 Å². The van der Waals surface area contributed by atoms with Gasteiger partial charge in [-0.2, -0.15) is 0 Å². The highest BCUT2D eigenvalue weighted by molar-refractivity contribution is 5.77. The number of aryl methyl sites for hydroxylation is 1. The van der Waals surface area contributed by atoms with Crippen LogP contribution < -0.4 is 0 Å². The van der Waals surface area contributed by atoms with E-state index in [1.807, 2.05) is 6.07 Å². The molecule has 136 valence electrons. The Hall–Kier alpha value is -2.13. The van der Waals surface area contributed by atoms with Crippen LogP contribution in [0.1, 0.15) is 36.8 Å². The van der Waals surface area contributed by atoms with Gasteiger partial charge in [0.15, 0.2) is 0 Å². The quantitative estimate of drug-likeness (QED) is 0.709. The first kappa shape index (κ1) is 17.3. The Kier molecular flexibility index (Phi) is 5.07. The zero-order valence-electron chi connectivity index (χ0n) is 15.4. The third-order valence-corrected chi connectivity index (χ3v) is 6.01. The van der Waals surface area contributed by atoms with Crippen LogP contribution in [0, 0.1) is 0 Å². The fourth-order valence-electron chi connectivity index (χ4n) is 4.24. The van der Waals surface area contributed by atoms with E-state index in [2.05, 4.69) is 64.4 Å². The second-order valence-electron chi connectivity index (χ2n) is 7.82. The predicted octanol–water partition coefficient (Wildman–Crippen LogP) is 3.89. The van der Waals surface area contributed by atoms with E-state index in [0.717, 1.165) is 45.4 Å². The van der Waals surface area contributed by atoms with E-state index in [1.54, 1.807) is 0 Å². The first-order valence-electron chi connectivity index (χ1n) is 9.86. The van der Waals surface area contributed by atoms with Gasteiger partial charge in [0, 0.05) is 32.6 Å². The summed E-state index contributed by atoms with van der Waals surface area (Å²) in [7, 11) is 0. The second-order valence-corrected chi connectivity index (χ2v) is 7.82.